The lowest BCUT2D eigenvalue weighted by Crippen LogP contribution is -2.02. The van der Waals surface area contributed by atoms with Gasteiger partial charge in [0.05, 0.1) is 11.0 Å². The molecule has 2 rings (SSSR count). The minimum atomic E-state index is -3.33. The summed E-state index contributed by atoms with van der Waals surface area (Å²) >= 11 is 0. The normalized spacial score (nSPS) is 21.1. The van der Waals surface area contributed by atoms with Crippen LogP contribution in [-0.4, -0.2) is 21.1 Å². The van der Waals surface area contributed by atoms with E-state index in [1.807, 2.05) is 6.92 Å². The van der Waals surface area contributed by atoms with E-state index in [-0.39, 0.29) is 6.10 Å². The Morgan fingerprint density at radius 1 is 1.29 bits per heavy atom. The Labute approximate surface area is 102 Å². The summed E-state index contributed by atoms with van der Waals surface area (Å²) in [4.78, 5) is 0.331. The first-order chi connectivity index (χ1) is 8.08. The molecule has 1 aromatic carbocycles. The summed E-state index contributed by atoms with van der Waals surface area (Å²) in [7, 11) is -3.33. The standard InChI is InChI=1S/C13H16O3S/c1-11-4-6-13(7-5-11)17(14,15)10-8-12-3-2-9-16-12/h4-8,10,12H,2-3,9H2,1H3/b10-8+. The number of sulfone groups is 1. The topological polar surface area (TPSA) is 43.4 Å². The maximum Gasteiger partial charge on any atom is 0.199 e. The van der Waals surface area contributed by atoms with Crippen molar-refractivity contribution in [1.29, 1.82) is 0 Å². The number of ether oxygens (including phenoxy) is 1. The van der Waals surface area contributed by atoms with Crippen LogP contribution in [0.2, 0.25) is 0 Å². The fraction of sp³-hybridized carbons (Fsp3) is 0.385. The zero-order valence-electron chi connectivity index (χ0n) is 9.80. The van der Waals surface area contributed by atoms with Crippen molar-refractivity contribution < 1.29 is 13.2 Å². The molecule has 92 valence electrons. The highest BCUT2D eigenvalue weighted by Gasteiger charge is 2.15. The predicted octanol–water partition coefficient (Wildman–Crippen LogP) is 2.46. The molecule has 1 heterocycles. The summed E-state index contributed by atoms with van der Waals surface area (Å²) in [6.07, 6.45) is 3.50. The van der Waals surface area contributed by atoms with Gasteiger partial charge in [0, 0.05) is 12.0 Å². The van der Waals surface area contributed by atoms with Crippen molar-refractivity contribution >= 4 is 9.84 Å². The molecule has 1 aliphatic rings. The van der Waals surface area contributed by atoms with Crippen molar-refractivity contribution in [3.05, 3.63) is 41.3 Å². The van der Waals surface area contributed by atoms with Crippen LogP contribution in [0.3, 0.4) is 0 Å². The van der Waals surface area contributed by atoms with Crippen molar-refractivity contribution in [2.24, 2.45) is 0 Å². The van der Waals surface area contributed by atoms with Crippen LogP contribution in [0.1, 0.15) is 18.4 Å². The SMILES string of the molecule is Cc1ccc(S(=O)(=O)/C=C/C2CCCO2)cc1. The van der Waals surface area contributed by atoms with Gasteiger partial charge in [0.25, 0.3) is 0 Å². The molecule has 4 heteroatoms. The van der Waals surface area contributed by atoms with Crippen molar-refractivity contribution in [2.45, 2.75) is 30.8 Å². The Balaban J connectivity index is 2.15. The molecule has 0 bridgehead atoms. The molecule has 1 aromatic rings. The maximum atomic E-state index is 12.0. The molecule has 0 radical (unpaired) electrons. The molecule has 0 aliphatic carbocycles. The molecule has 1 saturated heterocycles. The molecule has 0 N–H and O–H groups in total. The quantitative estimate of drug-likeness (QED) is 0.830. The van der Waals surface area contributed by atoms with Gasteiger partial charge in [-0.05, 0) is 38.0 Å². The van der Waals surface area contributed by atoms with Crippen LogP contribution in [0.4, 0.5) is 0 Å². The molecule has 1 fully saturated rings. The van der Waals surface area contributed by atoms with E-state index in [2.05, 4.69) is 0 Å². The van der Waals surface area contributed by atoms with Crippen LogP contribution in [-0.2, 0) is 14.6 Å². The summed E-state index contributed by atoms with van der Waals surface area (Å²) in [6.45, 7) is 2.65. The van der Waals surface area contributed by atoms with E-state index in [1.54, 1.807) is 30.3 Å². The van der Waals surface area contributed by atoms with E-state index < -0.39 is 9.84 Å². The van der Waals surface area contributed by atoms with E-state index >= 15 is 0 Å². The zero-order chi connectivity index (χ0) is 12.3. The number of benzene rings is 1. The first-order valence-electron chi connectivity index (χ1n) is 5.69. The van der Waals surface area contributed by atoms with Gasteiger partial charge in [0.15, 0.2) is 9.84 Å². The molecule has 1 aliphatic heterocycles. The van der Waals surface area contributed by atoms with E-state index in [9.17, 15) is 8.42 Å². The van der Waals surface area contributed by atoms with Crippen LogP contribution in [0.5, 0.6) is 0 Å². The summed E-state index contributed by atoms with van der Waals surface area (Å²) < 4.78 is 29.3. The van der Waals surface area contributed by atoms with Crippen LogP contribution < -0.4 is 0 Å². The first kappa shape index (κ1) is 12.3. The Kier molecular flexibility index (Phi) is 3.64. The second-order valence-corrected chi connectivity index (χ2v) is 6.07. The highest BCUT2D eigenvalue weighted by atomic mass is 32.2. The van der Waals surface area contributed by atoms with Crippen molar-refractivity contribution in [2.75, 3.05) is 6.61 Å². The molecule has 0 saturated carbocycles. The molecular weight excluding hydrogens is 236 g/mol. The Hall–Kier alpha value is -1.13. The lowest BCUT2D eigenvalue weighted by atomic mass is 10.2. The molecule has 1 unspecified atom stereocenters. The minimum absolute atomic E-state index is 0.0461. The van der Waals surface area contributed by atoms with Gasteiger partial charge in [-0.3, -0.25) is 0 Å². The lowest BCUT2D eigenvalue weighted by Gasteiger charge is -2.03. The van der Waals surface area contributed by atoms with Gasteiger partial charge >= 0.3 is 0 Å². The highest BCUT2D eigenvalue weighted by molar-refractivity contribution is 7.94. The predicted molar refractivity (Wildman–Crippen MR) is 66.5 cm³/mol. The monoisotopic (exact) mass is 252 g/mol. The Morgan fingerprint density at radius 3 is 2.59 bits per heavy atom. The fourth-order valence-corrected chi connectivity index (χ4v) is 2.81. The van der Waals surface area contributed by atoms with Crippen LogP contribution >= 0.6 is 0 Å². The van der Waals surface area contributed by atoms with E-state index in [4.69, 9.17) is 4.74 Å². The second kappa shape index (κ2) is 5.02. The third kappa shape index (κ3) is 3.17. The maximum absolute atomic E-state index is 12.0. The average molecular weight is 252 g/mol. The van der Waals surface area contributed by atoms with Crippen LogP contribution in [0.25, 0.3) is 0 Å². The number of rotatable bonds is 3. The van der Waals surface area contributed by atoms with Crippen molar-refractivity contribution in [3.8, 4) is 0 Å². The summed E-state index contributed by atoms with van der Waals surface area (Å²) in [5, 5.41) is 1.26. The zero-order valence-corrected chi connectivity index (χ0v) is 10.6. The van der Waals surface area contributed by atoms with Gasteiger partial charge in [-0.15, -0.1) is 0 Å². The lowest BCUT2D eigenvalue weighted by molar-refractivity contribution is 0.146. The van der Waals surface area contributed by atoms with E-state index in [0.29, 0.717) is 4.90 Å². The highest BCUT2D eigenvalue weighted by Crippen LogP contribution is 2.17. The summed E-state index contributed by atoms with van der Waals surface area (Å²) in [5.74, 6) is 0. The fourth-order valence-electron chi connectivity index (χ4n) is 1.75. The minimum Gasteiger partial charge on any atom is -0.374 e. The van der Waals surface area contributed by atoms with Gasteiger partial charge in [0.1, 0.15) is 0 Å². The Bertz CT molecular complexity index is 494. The Morgan fingerprint density at radius 2 is 2.00 bits per heavy atom. The van der Waals surface area contributed by atoms with Crippen molar-refractivity contribution in [1.82, 2.24) is 0 Å². The van der Waals surface area contributed by atoms with Crippen molar-refractivity contribution in [3.63, 3.8) is 0 Å². The molecule has 3 nitrogen and oxygen atoms in total. The third-order valence-corrected chi connectivity index (χ3v) is 4.23. The summed E-state index contributed by atoms with van der Waals surface area (Å²) in [5.41, 5.74) is 1.05. The van der Waals surface area contributed by atoms with Gasteiger partial charge in [-0.25, -0.2) is 8.42 Å². The van der Waals surface area contributed by atoms with Gasteiger partial charge in [-0.2, -0.15) is 0 Å². The van der Waals surface area contributed by atoms with Gasteiger partial charge in [0.2, 0.25) is 0 Å². The molecule has 17 heavy (non-hydrogen) atoms. The van der Waals surface area contributed by atoms with Crippen LogP contribution in [0.15, 0.2) is 40.6 Å². The van der Waals surface area contributed by atoms with Crippen LogP contribution in [0, 0.1) is 6.92 Å². The summed E-state index contributed by atoms with van der Waals surface area (Å²) in [6, 6.07) is 6.86. The number of aryl methyl sites for hydroxylation is 1. The molecule has 0 amide bonds. The molecular formula is C13H16O3S. The van der Waals surface area contributed by atoms with E-state index in [0.717, 1.165) is 25.0 Å². The smallest absolute Gasteiger partial charge is 0.199 e. The molecule has 0 spiro atoms. The third-order valence-electron chi connectivity index (χ3n) is 2.79. The number of hydrogen-bond acceptors (Lipinski definition) is 3. The largest absolute Gasteiger partial charge is 0.374 e. The molecule has 0 aromatic heterocycles. The number of hydrogen-bond donors (Lipinski definition) is 0. The van der Waals surface area contributed by atoms with E-state index in [1.165, 1.54) is 5.41 Å². The van der Waals surface area contributed by atoms with Gasteiger partial charge < -0.3 is 4.74 Å². The van der Waals surface area contributed by atoms with Gasteiger partial charge in [-0.1, -0.05) is 17.7 Å². The average Bonchev–Trinajstić information content (AvgIpc) is 2.80. The first-order valence-corrected chi connectivity index (χ1v) is 7.24. The second-order valence-electron chi connectivity index (χ2n) is 4.24. The molecule has 1 atom stereocenters.